The summed E-state index contributed by atoms with van der Waals surface area (Å²) in [6.45, 7) is 7.94. The fraction of sp³-hybridized carbons (Fsp3) is 0.125. The number of aryl methyl sites for hydroxylation is 4. The SMILES string of the molecule is Cc1cc(C)cc(-c2cc3c(cc2-c2cc4c(cc2-c2cc(C)cc(C)c2)C(=O)OC4=O)C(=O)OC3=O)c1. The lowest BCUT2D eigenvalue weighted by Gasteiger charge is -2.18. The number of rotatable bonds is 3. The molecule has 0 aromatic heterocycles. The van der Waals surface area contributed by atoms with Gasteiger partial charge in [0.15, 0.2) is 0 Å². The van der Waals surface area contributed by atoms with Gasteiger partial charge in [-0.05, 0) is 85.3 Å². The monoisotopic (exact) mass is 502 g/mol. The predicted octanol–water partition coefficient (Wildman–Crippen LogP) is 6.54. The number of hydrogen-bond donors (Lipinski definition) is 0. The van der Waals surface area contributed by atoms with Crippen LogP contribution in [0.1, 0.15) is 63.7 Å². The van der Waals surface area contributed by atoms with Crippen molar-refractivity contribution in [2.24, 2.45) is 0 Å². The van der Waals surface area contributed by atoms with E-state index in [0.29, 0.717) is 22.3 Å². The van der Waals surface area contributed by atoms with E-state index in [1.165, 1.54) is 0 Å². The van der Waals surface area contributed by atoms with Gasteiger partial charge in [0.05, 0.1) is 22.3 Å². The normalized spacial score (nSPS) is 13.9. The molecule has 0 atom stereocenters. The van der Waals surface area contributed by atoms with Crippen LogP contribution in [0.2, 0.25) is 0 Å². The van der Waals surface area contributed by atoms with Crippen molar-refractivity contribution in [1.29, 1.82) is 0 Å². The summed E-state index contributed by atoms with van der Waals surface area (Å²) < 4.78 is 9.83. The molecule has 0 spiro atoms. The minimum Gasteiger partial charge on any atom is -0.386 e. The molecule has 6 heteroatoms. The molecule has 0 amide bonds. The van der Waals surface area contributed by atoms with E-state index in [0.717, 1.165) is 33.4 Å². The lowest BCUT2D eigenvalue weighted by atomic mass is 9.84. The smallest absolute Gasteiger partial charge is 0.346 e. The highest BCUT2D eigenvalue weighted by Gasteiger charge is 2.35. The van der Waals surface area contributed by atoms with Gasteiger partial charge in [-0.15, -0.1) is 0 Å². The summed E-state index contributed by atoms with van der Waals surface area (Å²) in [6.07, 6.45) is 0. The molecule has 0 unspecified atom stereocenters. The van der Waals surface area contributed by atoms with Crippen LogP contribution in [0.25, 0.3) is 33.4 Å². The van der Waals surface area contributed by atoms with Gasteiger partial charge in [0, 0.05) is 0 Å². The van der Waals surface area contributed by atoms with Crippen LogP contribution in [0.15, 0.2) is 60.7 Å². The van der Waals surface area contributed by atoms with Gasteiger partial charge < -0.3 is 9.47 Å². The number of ether oxygens (including phenoxy) is 2. The first kappa shape index (κ1) is 23.6. The van der Waals surface area contributed by atoms with Gasteiger partial charge in [-0.25, -0.2) is 19.2 Å². The number of esters is 4. The Morgan fingerprint density at radius 3 is 0.895 bits per heavy atom. The van der Waals surface area contributed by atoms with Gasteiger partial charge in [0.1, 0.15) is 0 Å². The van der Waals surface area contributed by atoms with Crippen molar-refractivity contribution >= 4 is 23.9 Å². The van der Waals surface area contributed by atoms with Crippen molar-refractivity contribution < 1.29 is 28.7 Å². The van der Waals surface area contributed by atoms with E-state index < -0.39 is 23.9 Å². The van der Waals surface area contributed by atoms with Crippen LogP contribution in [0.5, 0.6) is 0 Å². The average Bonchev–Trinajstić information content (AvgIpc) is 3.29. The molecule has 0 radical (unpaired) electrons. The number of fused-ring (bicyclic) bond motifs is 2. The lowest BCUT2D eigenvalue weighted by molar-refractivity contribution is 0.0425. The molecular weight excluding hydrogens is 480 g/mol. The van der Waals surface area contributed by atoms with Crippen LogP contribution >= 0.6 is 0 Å². The molecule has 0 saturated carbocycles. The van der Waals surface area contributed by atoms with Crippen LogP contribution in [0, 0.1) is 27.7 Å². The van der Waals surface area contributed by atoms with Gasteiger partial charge >= 0.3 is 23.9 Å². The highest BCUT2D eigenvalue weighted by molar-refractivity contribution is 6.18. The van der Waals surface area contributed by atoms with Gasteiger partial charge in [0.25, 0.3) is 0 Å². The minimum atomic E-state index is -0.720. The maximum atomic E-state index is 12.6. The van der Waals surface area contributed by atoms with Gasteiger partial charge in [-0.1, -0.05) is 58.7 Å². The number of cyclic esters (lactones) is 4. The highest BCUT2D eigenvalue weighted by Crippen LogP contribution is 2.44. The molecule has 6 nitrogen and oxygen atoms in total. The van der Waals surface area contributed by atoms with E-state index in [1.807, 2.05) is 64.1 Å². The van der Waals surface area contributed by atoms with Crippen LogP contribution in [0.3, 0.4) is 0 Å². The lowest BCUT2D eigenvalue weighted by Crippen LogP contribution is -2.00. The van der Waals surface area contributed by atoms with Crippen molar-refractivity contribution in [2.75, 3.05) is 0 Å². The Morgan fingerprint density at radius 2 is 0.605 bits per heavy atom. The van der Waals surface area contributed by atoms with E-state index in [2.05, 4.69) is 0 Å². The molecule has 0 N–H and O–H groups in total. The number of benzene rings is 4. The topological polar surface area (TPSA) is 86.7 Å². The number of carbonyl (C=O) groups is 4. The minimum absolute atomic E-state index is 0.156. The summed E-state index contributed by atoms with van der Waals surface area (Å²) in [5.41, 5.74) is 9.16. The first-order chi connectivity index (χ1) is 18.1. The third kappa shape index (κ3) is 3.73. The fourth-order valence-corrected chi connectivity index (χ4v) is 5.45. The Bertz CT molecular complexity index is 1600. The Kier molecular flexibility index (Phi) is 5.17. The molecule has 38 heavy (non-hydrogen) atoms. The standard InChI is InChI=1S/C32H22O6/c1-15-5-16(2)8-19(7-15)21-11-25-27(31(35)37-29(25)33)13-23(21)24-14-28-26(30(34)38-32(28)36)12-22(24)20-9-17(3)6-18(4)10-20/h5-14H,1-4H3. The second kappa shape index (κ2) is 8.35. The second-order valence-corrected chi connectivity index (χ2v) is 9.99. The average molecular weight is 503 g/mol. The highest BCUT2D eigenvalue weighted by atomic mass is 16.6. The zero-order chi connectivity index (χ0) is 26.9. The summed E-state index contributed by atoms with van der Waals surface area (Å²) in [6, 6.07) is 18.7. The van der Waals surface area contributed by atoms with E-state index in [9.17, 15) is 19.2 Å². The zero-order valence-electron chi connectivity index (χ0n) is 21.2. The van der Waals surface area contributed by atoms with E-state index >= 15 is 0 Å². The maximum absolute atomic E-state index is 12.6. The molecule has 4 aromatic carbocycles. The largest absolute Gasteiger partial charge is 0.386 e. The van der Waals surface area contributed by atoms with Crippen molar-refractivity contribution in [3.8, 4) is 33.4 Å². The molecular formula is C32H22O6. The first-order valence-corrected chi connectivity index (χ1v) is 12.2. The Balaban J connectivity index is 1.73. The Morgan fingerprint density at radius 1 is 0.342 bits per heavy atom. The van der Waals surface area contributed by atoms with Gasteiger partial charge in [-0.3, -0.25) is 0 Å². The van der Waals surface area contributed by atoms with Crippen molar-refractivity contribution in [1.82, 2.24) is 0 Å². The summed E-state index contributed by atoms with van der Waals surface area (Å²) in [7, 11) is 0. The van der Waals surface area contributed by atoms with Crippen molar-refractivity contribution in [3.05, 3.63) is 105 Å². The third-order valence-electron chi connectivity index (χ3n) is 6.92. The molecule has 4 aromatic rings. The molecule has 0 aliphatic carbocycles. The molecule has 0 fully saturated rings. The molecule has 0 saturated heterocycles. The maximum Gasteiger partial charge on any atom is 0.346 e. The summed E-state index contributed by atoms with van der Waals surface area (Å²) in [5, 5.41) is 0. The van der Waals surface area contributed by atoms with Crippen LogP contribution < -0.4 is 0 Å². The number of carbonyl (C=O) groups excluding carboxylic acids is 4. The Hall–Kier alpha value is -4.84. The summed E-state index contributed by atoms with van der Waals surface area (Å²) in [5.74, 6) is -2.83. The fourth-order valence-electron chi connectivity index (χ4n) is 5.45. The van der Waals surface area contributed by atoms with E-state index in [-0.39, 0.29) is 22.3 Å². The van der Waals surface area contributed by atoms with Gasteiger partial charge in [0.2, 0.25) is 0 Å². The molecule has 186 valence electrons. The predicted molar refractivity (Wildman–Crippen MR) is 141 cm³/mol. The molecule has 0 bridgehead atoms. The van der Waals surface area contributed by atoms with E-state index in [1.54, 1.807) is 24.3 Å². The van der Waals surface area contributed by atoms with Gasteiger partial charge in [-0.2, -0.15) is 0 Å². The van der Waals surface area contributed by atoms with E-state index in [4.69, 9.17) is 9.47 Å². The van der Waals surface area contributed by atoms with Crippen molar-refractivity contribution in [2.45, 2.75) is 27.7 Å². The zero-order valence-corrected chi connectivity index (χ0v) is 21.2. The molecule has 2 aliphatic rings. The second-order valence-electron chi connectivity index (χ2n) is 9.99. The molecule has 6 rings (SSSR count). The summed E-state index contributed by atoms with van der Waals surface area (Å²) in [4.78, 5) is 50.2. The number of hydrogen-bond acceptors (Lipinski definition) is 6. The summed E-state index contributed by atoms with van der Waals surface area (Å²) >= 11 is 0. The molecule has 2 heterocycles. The van der Waals surface area contributed by atoms with Crippen molar-refractivity contribution in [3.63, 3.8) is 0 Å². The quantitative estimate of drug-likeness (QED) is 0.233. The molecule has 2 aliphatic heterocycles. The third-order valence-corrected chi connectivity index (χ3v) is 6.92. The first-order valence-electron chi connectivity index (χ1n) is 12.2. The van der Waals surface area contributed by atoms with Crippen LogP contribution in [0.4, 0.5) is 0 Å². The van der Waals surface area contributed by atoms with Crippen LogP contribution in [-0.4, -0.2) is 23.9 Å². The Labute approximate surface area is 218 Å². The van der Waals surface area contributed by atoms with Crippen LogP contribution in [-0.2, 0) is 9.47 Å².